The van der Waals surface area contributed by atoms with Crippen molar-refractivity contribution in [3.05, 3.63) is 113 Å². The molecule has 0 aliphatic rings. The van der Waals surface area contributed by atoms with Gasteiger partial charge in [0.25, 0.3) is 5.69 Å². The highest BCUT2D eigenvalue weighted by Crippen LogP contribution is 2.43. The fourth-order valence-electron chi connectivity index (χ4n) is 3.63. The van der Waals surface area contributed by atoms with E-state index in [1.54, 1.807) is 12.1 Å². The first-order chi connectivity index (χ1) is 15.2. The van der Waals surface area contributed by atoms with Crippen LogP contribution < -0.4 is 4.90 Å². The van der Waals surface area contributed by atoms with E-state index in [4.69, 9.17) is 4.98 Å². The highest BCUT2D eigenvalue weighted by Gasteiger charge is 2.21. The SMILES string of the molecule is O=[N+]([O-])c1ccccc1-c1cccc2nc(N(c3ccccc3)c3ccccc3)sc12. The van der Waals surface area contributed by atoms with Gasteiger partial charge in [-0.1, -0.05) is 72.0 Å². The summed E-state index contributed by atoms with van der Waals surface area (Å²) in [5, 5.41) is 12.4. The molecule has 0 saturated carbocycles. The first kappa shape index (κ1) is 19.0. The monoisotopic (exact) mass is 423 g/mol. The molecule has 0 atom stereocenters. The van der Waals surface area contributed by atoms with Gasteiger partial charge in [0.15, 0.2) is 5.13 Å². The molecule has 5 rings (SSSR count). The van der Waals surface area contributed by atoms with E-state index in [1.807, 2.05) is 84.9 Å². The summed E-state index contributed by atoms with van der Waals surface area (Å²) in [5.74, 6) is 0. The topological polar surface area (TPSA) is 59.3 Å². The van der Waals surface area contributed by atoms with E-state index in [0.29, 0.717) is 5.56 Å². The minimum atomic E-state index is -0.337. The lowest BCUT2D eigenvalue weighted by atomic mass is 10.0. The molecule has 0 amide bonds. The minimum absolute atomic E-state index is 0.0907. The van der Waals surface area contributed by atoms with Crippen LogP contribution in [-0.2, 0) is 0 Å². The Labute approximate surface area is 183 Å². The van der Waals surface area contributed by atoms with Gasteiger partial charge in [-0.3, -0.25) is 15.0 Å². The van der Waals surface area contributed by atoms with Gasteiger partial charge in [-0.2, -0.15) is 0 Å². The zero-order chi connectivity index (χ0) is 21.2. The Balaban J connectivity index is 1.72. The summed E-state index contributed by atoms with van der Waals surface area (Å²) in [5.41, 5.74) is 4.31. The summed E-state index contributed by atoms with van der Waals surface area (Å²) >= 11 is 1.53. The Bertz CT molecular complexity index is 1330. The smallest absolute Gasteiger partial charge is 0.277 e. The molecule has 0 fully saturated rings. The van der Waals surface area contributed by atoms with E-state index in [0.717, 1.165) is 32.3 Å². The summed E-state index contributed by atoms with van der Waals surface area (Å²) in [4.78, 5) is 18.3. The van der Waals surface area contributed by atoms with Crippen LogP contribution in [0.4, 0.5) is 22.2 Å². The maximum Gasteiger partial charge on any atom is 0.277 e. The Hall–Kier alpha value is -4.03. The lowest BCUT2D eigenvalue weighted by Gasteiger charge is -2.22. The van der Waals surface area contributed by atoms with Crippen LogP contribution in [0.5, 0.6) is 0 Å². The molecule has 4 aromatic carbocycles. The van der Waals surface area contributed by atoms with Crippen LogP contribution in [0.3, 0.4) is 0 Å². The molecule has 0 aliphatic heterocycles. The highest BCUT2D eigenvalue weighted by molar-refractivity contribution is 7.22. The molecule has 0 spiro atoms. The second-order valence-corrected chi connectivity index (χ2v) is 7.91. The first-order valence-corrected chi connectivity index (χ1v) is 10.6. The van der Waals surface area contributed by atoms with Crippen molar-refractivity contribution in [2.45, 2.75) is 0 Å². The number of hydrogen-bond acceptors (Lipinski definition) is 5. The number of anilines is 3. The first-order valence-electron chi connectivity index (χ1n) is 9.76. The largest absolute Gasteiger partial charge is 0.286 e. The zero-order valence-corrected chi connectivity index (χ0v) is 17.2. The molecular weight excluding hydrogens is 406 g/mol. The molecule has 0 radical (unpaired) electrons. The summed E-state index contributed by atoms with van der Waals surface area (Å²) in [7, 11) is 0. The predicted octanol–water partition coefficient (Wildman–Crippen LogP) is 7.34. The lowest BCUT2D eigenvalue weighted by molar-refractivity contribution is -0.384. The van der Waals surface area contributed by atoms with E-state index >= 15 is 0 Å². The fraction of sp³-hybridized carbons (Fsp3) is 0. The van der Waals surface area contributed by atoms with Gasteiger partial charge in [0.05, 0.1) is 20.7 Å². The van der Waals surface area contributed by atoms with E-state index in [-0.39, 0.29) is 10.6 Å². The van der Waals surface area contributed by atoms with Crippen molar-refractivity contribution in [1.29, 1.82) is 0 Å². The number of rotatable bonds is 5. The van der Waals surface area contributed by atoms with Crippen LogP contribution in [0.1, 0.15) is 0 Å². The Morgan fingerprint density at radius 1 is 0.710 bits per heavy atom. The maximum atomic E-state index is 11.6. The standard InChI is InChI=1S/C25H17N3O2S/c29-28(30)23-17-8-7-14-20(23)21-15-9-16-22-24(21)31-25(26-22)27(18-10-3-1-4-11-18)19-12-5-2-6-13-19/h1-17H. The number of hydrogen-bond donors (Lipinski definition) is 0. The predicted molar refractivity (Wildman–Crippen MR) is 126 cm³/mol. The summed E-state index contributed by atoms with van der Waals surface area (Å²) < 4.78 is 0.920. The third kappa shape index (κ3) is 3.53. The molecule has 0 N–H and O–H groups in total. The molecule has 6 heteroatoms. The van der Waals surface area contributed by atoms with Crippen LogP contribution in [0, 0.1) is 10.1 Å². The number of aromatic nitrogens is 1. The molecule has 5 nitrogen and oxygen atoms in total. The number of nitro groups is 1. The molecule has 1 aromatic heterocycles. The van der Waals surface area contributed by atoms with E-state index in [2.05, 4.69) is 4.90 Å². The highest BCUT2D eigenvalue weighted by atomic mass is 32.1. The Kier molecular flexibility index (Phi) is 4.90. The number of para-hydroxylation sites is 3. The molecule has 5 aromatic rings. The van der Waals surface area contributed by atoms with Gasteiger partial charge in [-0.05, 0) is 36.4 Å². The van der Waals surface area contributed by atoms with Crippen molar-refractivity contribution >= 4 is 43.7 Å². The van der Waals surface area contributed by atoms with E-state index < -0.39 is 0 Å². The number of benzene rings is 4. The fourth-order valence-corrected chi connectivity index (χ4v) is 4.76. The van der Waals surface area contributed by atoms with Crippen molar-refractivity contribution in [2.24, 2.45) is 0 Å². The van der Waals surface area contributed by atoms with Crippen molar-refractivity contribution < 1.29 is 4.92 Å². The van der Waals surface area contributed by atoms with Gasteiger partial charge in [0.2, 0.25) is 0 Å². The third-order valence-corrected chi connectivity index (χ3v) is 6.10. The average Bonchev–Trinajstić information content (AvgIpc) is 3.24. The third-order valence-electron chi connectivity index (χ3n) is 5.01. The molecule has 0 bridgehead atoms. The quantitative estimate of drug-likeness (QED) is 0.219. The molecule has 0 saturated heterocycles. The van der Waals surface area contributed by atoms with Gasteiger partial charge in [0, 0.05) is 23.0 Å². The molecule has 0 aliphatic carbocycles. The van der Waals surface area contributed by atoms with Crippen LogP contribution >= 0.6 is 11.3 Å². The second-order valence-electron chi connectivity index (χ2n) is 6.93. The van der Waals surface area contributed by atoms with Crippen molar-refractivity contribution in [2.75, 3.05) is 4.90 Å². The van der Waals surface area contributed by atoms with Crippen molar-refractivity contribution in [3.8, 4) is 11.1 Å². The molecule has 1 heterocycles. The van der Waals surface area contributed by atoms with E-state index in [1.165, 1.54) is 17.4 Å². The number of nitrogens with zero attached hydrogens (tertiary/aromatic N) is 3. The summed E-state index contributed by atoms with van der Waals surface area (Å²) in [6, 6.07) is 32.7. The lowest BCUT2D eigenvalue weighted by Crippen LogP contribution is -2.09. The van der Waals surface area contributed by atoms with E-state index in [9.17, 15) is 10.1 Å². The zero-order valence-electron chi connectivity index (χ0n) is 16.4. The minimum Gasteiger partial charge on any atom is -0.286 e. The molecule has 0 unspecified atom stereocenters. The molecule has 31 heavy (non-hydrogen) atoms. The van der Waals surface area contributed by atoms with Crippen molar-refractivity contribution in [1.82, 2.24) is 4.98 Å². The average molecular weight is 423 g/mol. The number of fused-ring (bicyclic) bond motifs is 1. The summed E-state index contributed by atoms with van der Waals surface area (Å²) in [6.45, 7) is 0. The van der Waals surface area contributed by atoms with Gasteiger partial charge in [-0.15, -0.1) is 0 Å². The number of nitro benzene ring substituents is 1. The van der Waals surface area contributed by atoms with Gasteiger partial charge in [0.1, 0.15) is 0 Å². The maximum absolute atomic E-state index is 11.6. The second kappa shape index (κ2) is 8.01. The Morgan fingerprint density at radius 3 is 1.94 bits per heavy atom. The summed E-state index contributed by atoms with van der Waals surface area (Å²) in [6.07, 6.45) is 0. The normalized spacial score (nSPS) is 10.8. The molecule has 150 valence electrons. The van der Waals surface area contributed by atoms with Gasteiger partial charge >= 0.3 is 0 Å². The van der Waals surface area contributed by atoms with Crippen LogP contribution in [0.15, 0.2) is 103 Å². The van der Waals surface area contributed by atoms with Gasteiger partial charge < -0.3 is 0 Å². The van der Waals surface area contributed by atoms with Gasteiger partial charge in [-0.25, -0.2) is 4.98 Å². The molecular formula is C25H17N3O2S. The van der Waals surface area contributed by atoms with Crippen LogP contribution in [0.2, 0.25) is 0 Å². The van der Waals surface area contributed by atoms with Crippen LogP contribution in [-0.4, -0.2) is 9.91 Å². The Morgan fingerprint density at radius 2 is 1.29 bits per heavy atom. The number of thiazole rings is 1. The van der Waals surface area contributed by atoms with Crippen LogP contribution in [0.25, 0.3) is 21.3 Å². The van der Waals surface area contributed by atoms with Crippen molar-refractivity contribution in [3.63, 3.8) is 0 Å².